The number of nitrogens with zero attached hydrogens (tertiary/aromatic N) is 1. The zero-order chi connectivity index (χ0) is 13.1. The van der Waals surface area contributed by atoms with E-state index in [-0.39, 0.29) is 5.02 Å². The second-order valence-corrected chi connectivity index (χ2v) is 5.67. The number of hydrogen-bond donors (Lipinski definition) is 1. The van der Waals surface area contributed by atoms with Crippen molar-refractivity contribution in [3.63, 3.8) is 0 Å². The van der Waals surface area contributed by atoms with Crippen LogP contribution in [0, 0.1) is 10.6 Å². The molecule has 0 unspecified atom stereocenters. The van der Waals surface area contributed by atoms with Crippen LogP contribution >= 0.6 is 35.6 Å². The minimum absolute atomic E-state index is 0.115. The van der Waals surface area contributed by atoms with Crippen molar-refractivity contribution in [2.24, 2.45) is 0 Å². The zero-order valence-corrected chi connectivity index (χ0v) is 12.0. The minimum atomic E-state index is -0.436. The van der Waals surface area contributed by atoms with Crippen molar-refractivity contribution in [2.45, 2.75) is 6.54 Å². The van der Waals surface area contributed by atoms with Gasteiger partial charge >= 0.3 is 0 Å². The van der Waals surface area contributed by atoms with Crippen LogP contribution in [0.4, 0.5) is 4.39 Å². The number of thioether (sulfide) groups is 1. The summed E-state index contributed by atoms with van der Waals surface area (Å²) in [5.41, 5.74) is 1.52. The van der Waals surface area contributed by atoms with Gasteiger partial charge in [-0.05, 0) is 18.3 Å². The number of nitrogens with one attached hydrogen (secondary N) is 1. The monoisotopic (exact) mass is 302 g/mol. The van der Waals surface area contributed by atoms with Gasteiger partial charge in [-0.15, -0.1) is 6.58 Å². The Morgan fingerprint density at radius 3 is 3.06 bits per heavy atom. The summed E-state index contributed by atoms with van der Waals surface area (Å²) < 4.78 is 15.9. The fourth-order valence-corrected chi connectivity index (χ4v) is 2.80. The molecular weight excluding hydrogens is 291 g/mol. The molecule has 6 heteroatoms. The molecule has 0 amide bonds. The number of H-pyrrole nitrogens is 1. The van der Waals surface area contributed by atoms with Crippen LogP contribution in [0.1, 0.15) is 0 Å². The predicted molar refractivity (Wildman–Crippen MR) is 79.6 cm³/mol. The van der Waals surface area contributed by atoms with Gasteiger partial charge in [0.1, 0.15) is 5.82 Å². The van der Waals surface area contributed by atoms with E-state index in [0.29, 0.717) is 10.3 Å². The van der Waals surface area contributed by atoms with Crippen LogP contribution in [0.15, 0.2) is 24.8 Å². The molecule has 0 aliphatic carbocycles. The molecule has 2 rings (SSSR count). The third-order valence-corrected chi connectivity index (χ3v) is 4.07. The van der Waals surface area contributed by atoms with E-state index in [9.17, 15) is 4.39 Å². The van der Waals surface area contributed by atoms with Crippen LogP contribution in [0.5, 0.6) is 0 Å². The molecule has 18 heavy (non-hydrogen) atoms. The van der Waals surface area contributed by atoms with E-state index < -0.39 is 5.82 Å². The van der Waals surface area contributed by atoms with Crippen molar-refractivity contribution >= 4 is 46.6 Å². The van der Waals surface area contributed by atoms with Crippen LogP contribution in [-0.2, 0) is 6.54 Å². The Hall–Kier alpha value is -0.780. The van der Waals surface area contributed by atoms with Crippen LogP contribution < -0.4 is 0 Å². The molecule has 0 atom stereocenters. The van der Waals surface area contributed by atoms with E-state index in [1.807, 2.05) is 10.6 Å². The quantitative estimate of drug-likeness (QED) is 0.502. The summed E-state index contributed by atoms with van der Waals surface area (Å²) >= 11 is 12.8. The first-order valence-electron chi connectivity index (χ1n) is 5.39. The maximum atomic E-state index is 13.3. The molecule has 1 aromatic carbocycles. The van der Waals surface area contributed by atoms with Gasteiger partial charge in [0.15, 0.2) is 4.77 Å². The summed E-state index contributed by atoms with van der Waals surface area (Å²) in [5, 5.41) is 0.115. The first kappa shape index (κ1) is 13.6. The van der Waals surface area contributed by atoms with E-state index >= 15 is 0 Å². The molecule has 0 radical (unpaired) electrons. The van der Waals surface area contributed by atoms with Gasteiger partial charge in [0, 0.05) is 24.1 Å². The molecule has 1 aromatic heterocycles. The minimum Gasteiger partial charge on any atom is -0.330 e. The molecule has 96 valence electrons. The van der Waals surface area contributed by atoms with Crippen molar-refractivity contribution < 1.29 is 4.39 Å². The summed E-state index contributed by atoms with van der Waals surface area (Å²) in [4.78, 5) is 2.99. The first-order chi connectivity index (χ1) is 8.63. The molecule has 0 aliphatic heterocycles. The van der Waals surface area contributed by atoms with E-state index in [2.05, 4.69) is 11.6 Å². The summed E-state index contributed by atoms with van der Waals surface area (Å²) in [5.74, 6) is 1.39. The highest BCUT2D eigenvalue weighted by molar-refractivity contribution is 7.99. The zero-order valence-electron chi connectivity index (χ0n) is 9.58. The Morgan fingerprint density at radius 1 is 1.56 bits per heavy atom. The number of hydrogen-bond acceptors (Lipinski definition) is 2. The maximum absolute atomic E-state index is 13.3. The van der Waals surface area contributed by atoms with Crippen LogP contribution in [0.25, 0.3) is 11.0 Å². The SMILES string of the molecule is C=CCSCCn1c(=S)[nH]c2cc(F)c(Cl)cc21. The van der Waals surface area contributed by atoms with Crippen molar-refractivity contribution in [1.82, 2.24) is 9.55 Å². The maximum Gasteiger partial charge on any atom is 0.178 e. The van der Waals surface area contributed by atoms with Gasteiger partial charge in [-0.3, -0.25) is 0 Å². The summed E-state index contributed by atoms with van der Waals surface area (Å²) in [6.07, 6.45) is 1.87. The Bertz CT molecular complexity index is 633. The molecule has 2 nitrogen and oxygen atoms in total. The second-order valence-electron chi connectivity index (χ2n) is 3.73. The second kappa shape index (κ2) is 5.91. The fraction of sp³-hybridized carbons (Fsp3) is 0.250. The third kappa shape index (κ3) is 2.79. The van der Waals surface area contributed by atoms with Crippen molar-refractivity contribution in [3.8, 4) is 0 Å². The Morgan fingerprint density at radius 2 is 2.33 bits per heavy atom. The van der Waals surface area contributed by atoms with Gasteiger partial charge in [-0.2, -0.15) is 11.8 Å². The Kier molecular flexibility index (Phi) is 4.48. The molecule has 0 fully saturated rings. The molecule has 0 bridgehead atoms. The predicted octanol–water partition coefficient (Wildman–Crippen LogP) is 4.41. The summed E-state index contributed by atoms with van der Waals surface area (Å²) in [7, 11) is 0. The number of halogens is 2. The van der Waals surface area contributed by atoms with Crippen LogP contribution in [0.3, 0.4) is 0 Å². The van der Waals surface area contributed by atoms with Crippen molar-refractivity contribution in [2.75, 3.05) is 11.5 Å². The van der Waals surface area contributed by atoms with Crippen LogP contribution in [-0.4, -0.2) is 21.1 Å². The first-order valence-corrected chi connectivity index (χ1v) is 7.33. The number of imidazole rings is 1. The van der Waals surface area contributed by atoms with Gasteiger partial charge in [-0.1, -0.05) is 17.7 Å². The number of aromatic amines is 1. The number of benzene rings is 1. The molecule has 1 N–H and O–H groups in total. The number of aromatic nitrogens is 2. The van der Waals surface area contributed by atoms with Crippen molar-refractivity contribution in [3.05, 3.63) is 40.4 Å². The number of fused-ring (bicyclic) bond motifs is 1. The van der Waals surface area contributed by atoms with E-state index in [0.717, 1.165) is 23.6 Å². The molecule has 0 aliphatic rings. The van der Waals surface area contributed by atoms with E-state index in [1.54, 1.807) is 17.8 Å². The van der Waals surface area contributed by atoms with Gasteiger partial charge < -0.3 is 9.55 Å². The van der Waals surface area contributed by atoms with Crippen molar-refractivity contribution in [1.29, 1.82) is 0 Å². The van der Waals surface area contributed by atoms with E-state index in [1.165, 1.54) is 6.07 Å². The average molecular weight is 303 g/mol. The molecule has 2 aromatic rings. The van der Waals surface area contributed by atoms with E-state index in [4.69, 9.17) is 23.8 Å². The normalized spacial score (nSPS) is 11.0. The Labute approximate surface area is 119 Å². The standard InChI is InChI=1S/C12H12ClFN2S2/c1-2-4-18-5-3-16-11-6-8(13)9(14)7-10(11)15-12(16)17/h2,6-7H,1,3-5H2,(H,15,17). The highest BCUT2D eigenvalue weighted by atomic mass is 35.5. The average Bonchev–Trinajstić information content (AvgIpc) is 2.62. The highest BCUT2D eigenvalue weighted by Crippen LogP contribution is 2.23. The number of rotatable bonds is 5. The van der Waals surface area contributed by atoms with Gasteiger partial charge in [-0.25, -0.2) is 4.39 Å². The molecule has 0 spiro atoms. The topological polar surface area (TPSA) is 20.7 Å². The highest BCUT2D eigenvalue weighted by Gasteiger charge is 2.08. The lowest BCUT2D eigenvalue weighted by Crippen LogP contribution is -2.00. The van der Waals surface area contributed by atoms with Crippen LogP contribution in [0.2, 0.25) is 5.02 Å². The third-order valence-electron chi connectivity index (χ3n) is 2.51. The largest absolute Gasteiger partial charge is 0.330 e. The summed E-state index contributed by atoms with van der Waals surface area (Å²) in [6.45, 7) is 4.43. The molecule has 1 heterocycles. The Balaban J connectivity index is 2.32. The number of aryl methyl sites for hydroxylation is 1. The lowest BCUT2D eigenvalue weighted by atomic mass is 10.3. The van der Waals surface area contributed by atoms with Gasteiger partial charge in [0.25, 0.3) is 0 Å². The summed E-state index contributed by atoms with van der Waals surface area (Å²) in [6, 6.07) is 2.98. The van der Waals surface area contributed by atoms with Gasteiger partial charge in [0.05, 0.1) is 16.1 Å². The smallest absolute Gasteiger partial charge is 0.178 e. The molecule has 0 saturated carbocycles. The van der Waals surface area contributed by atoms with Gasteiger partial charge in [0.2, 0.25) is 0 Å². The molecule has 0 saturated heterocycles. The lowest BCUT2D eigenvalue weighted by Gasteiger charge is -2.04. The molecular formula is C12H12ClFN2S2. The lowest BCUT2D eigenvalue weighted by molar-refractivity contribution is 0.629. The fourth-order valence-electron chi connectivity index (χ4n) is 1.70.